The number of imidazole rings is 1. The highest BCUT2D eigenvalue weighted by atomic mass is 32.2. The number of hydrogen-bond acceptors (Lipinski definition) is 8. The lowest BCUT2D eigenvalue weighted by atomic mass is 10.1. The Hall–Kier alpha value is -3.88. The van der Waals surface area contributed by atoms with Crippen molar-refractivity contribution in [3.63, 3.8) is 0 Å². The Bertz CT molecular complexity index is 1640. The minimum absolute atomic E-state index is 0.0382. The quantitative estimate of drug-likeness (QED) is 0.364. The van der Waals surface area contributed by atoms with Gasteiger partial charge in [-0.25, -0.2) is 18.9 Å². The number of hydrogen-bond donors (Lipinski definition) is 2. The standard InChI is InChI=1S/C33H36N4O5S/c1-24(41-32-4-2-3-18-40-32)33-34-16-17-37(33)22-30-20-31(42-36-30)28-13-11-26(12-14-28)6-5-25-7-9-27(10-8-25)21-35-29-15-19-43(38,39)23-29/h7-14,16-17,20,22,24,29,32,35-36H,2-4,15,18-19,21,23H2,1H3/t24-,29?,32?/m0/s1. The lowest BCUT2D eigenvalue weighted by molar-refractivity contribution is -0.187. The van der Waals surface area contributed by atoms with Gasteiger partial charge in [-0.05, 0) is 74.6 Å². The second-order valence-electron chi connectivity index (χ2n) is 11.1. The zero-order chi connectivity index (χ0) is 29.6. The summed E-state index contributed by atoms with van der Waals surface area (Å²) in [6.07, 6.45) is 10.9. The summed E-state index contributed by atoms with van der Waals surface area (Å²) in [7, 11) is -2.87. The van der Waals surface area contributed by atoms with Gasteiger partial charge in [-0.1, -0.05) is 24.0 Å². The van der Waals surface area contributed by atoms with Gasteiger partial charge in [0.1, 0.15) is 11.9 Å². The molecule has 1 aromatic heterocycles. The smallest absolute Gasteiger partial charge is 0.164 e. The molecule has 0 saturated carbocycles. The van der Waals surface area contributed by atoms with Gasteiger partial charge >= 0.3 is 0 Å². The van der Waals surface area contributed by atoms with E-state index in [4.69, 9.17) is 14.3 Å². The van der Waals surface area contributed by atoms with E-state index < -0.39 is 9.84 Å². The molecule has 2 unspecified atom stereocenters. The molecule has 0 aliphatic carbocycles. The van der Waals surface area contributed by atoms with E-state index in [0.29, 0.717) is 18.7 Å². The van der Waals surface area contributed by atoms with Crippen LogP contribution in [-0.2, 0) is 30.7 Å². The van der Waals surface area contributed by atoms with E-state index in [9.17, 15) is 8.42 Å². The van der Waals surface area contributed by atoms with Crippen LogP contribution >= 0.6 is 0 Å². The van der Waals surface area contributed by atoms with Crippen molar-refractivity contribution in [2.24, 2.45) is 0 Å². The summed E-state index contributed by atoms with van der Waals surface area (Å²) in [5.41, 5.74) is 7.64. The van der Waals surface area contributed by atoms with Crippen LogP contribution in [0.5, 0.6) is 0 Å². The Labute approximate surface area is 252 Å². The van der Waals surface area contributed by atoms with Gasteiger partial charge < -0.3 is 24.2 Å². The van der Waals surface area contributed by atoms with Gasteiger partial charge in [0.25, 0.3) is 0 Å². The third-order valence-electron chi connectivity index (χ3n) is 7.70. The monoisotopic (exact) mass is 600 g/mol. The normalized spacial score (nSPS) is 22.7. The molecule has 2 fully saturated rings. The first-order chi connectivity index (χ1) is 20.9. The van der Waals surface area contributed by atoms with Crippen molar-refractivity contribution in [3.8, 4) is 11.8 Å². The maximum atomic E-state index is 11.6. The molecule has 2 saturated heterocycles. The molecule has 0 amide bonds. The van der Waals surface area contributed by atoms with Gasteiger partial charge in [0, 0.05) is 60.6 Å². The summed E-state index contributed by atoms with van der Waals surface area (Å²) in [6, 6.07) is 16.0. The van der Waals surface area contributed by atoms with Crippen LogP contribution in [0.1, 0.15) is 66.8 Å². The maximum absolute atomic E-state index is 11.6. The predicted octanol–water partition coefficient (Wildman–Crippen LogP) is 4.54. The van der Waals surface area contributed by atoms with E-state index >= 15 is 0 Å². The molecule has 4 heterocycles. The Morgan fingerprint density at radius 1 is 1.12 bits per heavy atom. The van der Waals surface area contributed by atoms with Crippen LogP contribution in [0.15, 0.2) is 72.7 Å². The zero-order valence-electron chi connectivity index (χ0n) is 24.2. The van der Waals surface area contributed by atoms with Crippen LogP contribution in [-0.4, -0.2) is 48.4 Å². The summed E-state index contributed by atoms with van der Waals surface area (Å²) in [5.74, 6) is 8.44. The van der Waals surface area contributed by atoms with E-state index in [1.807, 2.05) is 78.5 Å². The lowest BCUT2D eigenvalue weighted by Crippen LogP contribution is -2.29. The van der Waals surface area contributed by atoms with E-state index in [-0.39, 0.29) is 29.9 Å². The molecule has 0 bridgehead atoms. The lowest BCUT2D eigenvalue weighted by Gasteiger charge is -2.25. The number of hydroxylamine groups is 1. The average molecular weight is 601 g/mol. The highest BCUT2D eigenvalue weighted by Crippen LogP contribution is 2.25. The first-order valence-electron chi connectivity index (χ1n) is 14.7. The molecule has 224 valence electrons. The Kier molecular flexibility index (Phi) is 8.95. The van der Waals surface area contributed by atoms with Crippen LogP contribution in [0.3, 0.4) is 0 Å². The topological polar surface area (TPSA) is 104 Å². The van der Waals surface area contributed by atoms with Crippen molar-refractivity contribution in [2.45, 2.75) is 57.6 Å². The van der Waals surface area contributed by atoms with Crippen molar-refractivity contribution in [1.82, 2.24) is 20.3 Å². The van der Waals surface area contributed by atoms with Gasteiger partial charge in [-0.2, -0.15) is 0 Å². The van der Waals surface area contributed by atoms with Gasteiger partial charge in [0.15, 0.2) is 21.9 Å². The van der Waals surface area contributed by atoms with E-state index in [0.717, 1.165) is 59.6 Å². The van der Waals surface area contributed by atoms with Crippen molar-refractivity contribution >= 4 is 21.8 Å². The molecular weight excluding hydrogens is 564 g/mol. The fourth-order valence-electron chi connectivity index (χ4n) is 5.31. The molecule has 3 aliphatic rings. The van der Waals surface area contributed by atoms with Crippen LogP contribution < -0.4 is 10.8 Å². The minimum Gasteiger partial charge on any atom is -0.381 e. The Morgan fingerprint density at radius 3 is 2.58 bits per heavy atom. The Morgan fingerprint density at radius 2 is 1.88 bits per heavy atom. The number of allylic oxidation sites excluding steroid dienone is 1. The molecule has 9 nitrogen and oxygen atoms in total. The number of sulfone groups is 1. The van der Waals surface area contributed by atoms with E-state index in [2.05, 4.69) is 27.6 Å². The molecule has 3 atom stereocenters. The zero-order valence-corrected chi connectivity index (χ0v) is 25.0. The minimum atomic E-state index is -2.87. The van der Waals surface area contributed by atoms with Crippen molar-refractivity contribution < 1.29 is 22.7 Å². The second-order valence-corrected chi connectivity index (χ2v) is 13.3. The van der Waals surface area contributed by atoms with Crippen LogP contribution in [0, 0.1) is 11.8 Å². The van der Waals surface area contributed by atoms with Crippen molar-refractivity contribution in [1.29, 1.82) is 0 Å². The second kappa shape index (κ2) is 13.2. The molecule has 0 radical (unpaired) electrons. The Balaban J connectivity index is 1.04. The van der Waals surface area contributed by atoms with Crippen LogP contribution in [0.2, 0.25) is 0 Å². The molecule has 6 rings (SSSR count). The van der Waals surface area contributed by atoms with Gasteiger partial charge in [0.2, 0.25) is 0 Å². The van der Waals surface area contributed by atoms with Crippen LogP contribution in [0.4, 0.5) is 0 Å². The summed E-state index contributed by atoms with van der Waals surface area (Å²) < 4.78 is 37.0. The third kappa shape index (κ3) is 7.75. The molecule has 2 N–H and O–H groups in total. The predicted molar refractivity (Wildman–Crippen MR) is 165 cm³/mol. The number of ether oxygens (including phenoxy) is 2. The first-order valence-corrected chi connectivity index (χ1v) is 16.5. The molecule has 3 aromatic rings. The van der Waals surface area contributed by atoms with Crippen LogP contribution in [0.25, 0.3) is 12.0 Å². The first kappa shape index (κ1) is 29.2. The van der Waals surface area contributed by atoms with Gasteiger partial charge in [-0.15, -0.1) is 0 Å². The van der Waals surface area contributed by atoms with Crippen molar-refractivity contribution in [2.75, 3.05) is 18.1 Å². The molecular formula is C33H36N4O5S. The molecule has 2 aromatic carbocycles. The highest BCUT2D eigenvalue weighted by molar-refractivity contribution is 7.91. The third-order valence-corrected chi connectivity index (χ3v) is 9.47. The molecule has 10 heteroatoms. The highest BCUT2D eigenvalue weighted by Gasteiger charge is 2.27. The number of rotatable bonds is 8. The maximum Gasteiger partial charge on any atom is 0.164 e. The number of nitrogens with one attached hydrogen (secondary N) is 2. The SMILES string of the molecule is C[C@H](OC1CCCCO1)c1nccn1C=C1C=C(c2ccc(C#Cc3ccc(CNC4CCS(=O)(=O)C4)cc3)cc2)ON1. The summed E-state index contributed by atoms with van der Waals surface area (Å²) >= 11 is 0. The molecule has 0 spiro atoms. The number of nitrogens with zero attached hydrogens (tertiary/aromatic N) is 2. The van der Waals surface area contributed by atoms with E-state index in [1.54, 1.807) is 6.20 Å². The summed E-state index contributed by atoms with van der Waals surface area (Å²) in [6.45, 7) is 3.37. The number of aromatic nitrogens is 2. The van der Waals surface area contributed by atoms with Gasteiger partial charge in [-0.3, -0.25) is 0 Å². The summed E-state index contributed by atoms with van der Waals surface area (Å²) in [5, 5.41) is 3.34. The van der Waals surface area contributed by atoms with Crippen molar-refractivity contribution in [3.05, 3.63) is 101 Å². The van der Waals surface area contributed by atoms with E-state index in [1.165, 1.54) is 0 Å². The fourth-order valence-corrected chi connectivity index (χ4v) is 7.02. The summed E-state index contributed by atoms with van der Waals surface area (Å²) in [4.78, 5) is 10.2. The molecule has 3 aliphatic heterocycles. The molecule has 43 heavy (non-hydrogen) atoms. The largest absolute Gasteiger partial charge is 0.381 e. The average Bonchev–Trinajstić information content (AvgIpc) is 3.77. The number of benzene rings is 2. The fraction of sp³-hybridized carbons (Fsp3) is 0.364. The van der Waals surface area contributed by atoms with Gasteiger partial charge in [0.05, 0.1) is 17.2 Å².